The van der Waals surface area contributed by atoms with Crippen LogP contribution in [0.4, 0.5) is 22.0 Å². The van der Waals surface area contributed by atoms with Crippen LogP contribution < -0.4 is 10.1 Å². The number of hydrogen-bond donors (Lipinski definition) is 1. The van der Waals surface area contributed by atoms with E-state index in [9.17, 15) is 26.7 Å². The Morgan fingerprint density at radius 2 is 1.97 bits per heavy atom. The first kappa shape index (κ1) is 23.9. The first-order chi connectivity index (χ1) is 14.9. The number of aromatic nitrogens is 4. The number of nitrogens with one attached hydrogen (secondary N) is 1. The number of ether oxygens (including phenoxy) is 1. The summed E-state index contributed by atoms with van der Waals surface area (Å²) in [6.07, 6.45) is -3.63. The number of hydrogen-bond acceptors (Lipinski definition) is 5. The summed E-state index contributed by atoms with van der Waals surface area (Å²) in [5, 5.41) is 6.35. The number of pyridine rings is 1. The molecule has 1 N–H and O–H groups in total. The Morgan fingerprint density at radius 1 is 1.25 bits per heavy atom. The van der Waals surface area contributed by atoms with Crippen molar-refractivity contribution in [3.63, 3.8) is 0 Å². The fourth-order valence-electron chi connectivity index (χ4n) is 2.65. The molecule has 3 rings (SSSR count). The van der Waals surface area contributed by atoms with E-state index < -0.39 is 30.3 Å². The van der Waals surface area contributed by atoms with Gasteiger partial charge < -0.3 is 10.1 Å². The van der Waals surface area contributed by atoms with E-state index in [1.54, 1.807) is 0 Å². The Hall–Kier alpha value is -2.80. The zero-order chi connectivity index (χ0) is 23.6. The van der Waals surface area contributed by atoms with E-state index in [0.29, 0.717) is 12.1 Å². The first-order valence-electron chi connectivity index (χ1n) is 8.66. The van der Waals surface area contributed by atoms with E-state index in [1.807, 2.05) is 0 Å². The second-order valence-electron chi connectivity index (χ2n) is 6.30. The Bertz CT molecular complexity index is 1120. The fourth-order valence-corrected chi connectivity index (χ4v) is 3.22. The van der Waals surface area contributed by atoms with E-state index in [4.69, 9.17) is 11.6 Å². The summed E-state index contributed by atoms with van der Waals surface area (Å²) in [5.74, 6) is -0.668. The van der Waals surface area contributed by atoms with E-state index in [-0.39, 0.29) is 32.7 Å². The standard InChI is InChI=1S/C18H12BrClF5N5O2/c1-8(27-15(31)9-4-10(18(23,24)25)6-11(20)5-9)14-28-16(19)29-30(14)13-3-2-12(7-26-13)32-17(21)22/h2-8,17H,1H3,(H,27,31). The number of amides is 1. The van der Waals surface area contributed by atoms with Gasteiger partial charge in [0.15, 0.2) is 11.6 Å². The van der Waals surface area contributed by atoms with Crippen molar-refractivity contribution in [1.29, 1.82) is 0 Å². The van der Waals surface area contributed by atoms with Gasteiger partial charge in [0.2, 0.25) is 4.73 Å². The summed E-state index contributed by atoms with van der Waals surface area (Å²) in [6, 6.07) is 4.22. The molecule has 0 spiro atoms. The van der Waals surface area contributed by atoms with Gasteiger partial charge in [0, 0.05) is 10.6 Å². The summed E-state index contributed by atoms with van der Waals surface area (Å²) in [7, 11) is 0. The van der Waals surface area contributed by atoms with Gasteiger partial charge in [-0.3, -0.25) is 4.79 Å². The van der Waals surface area contributed by atoms with Gasteiger partial charge in [-0.05, 0) is 53.2 Å². The Kier molecular flexibility index (Phi) is 6.98. The van der Waals surface area contributed by atoms with Crippen molar-refractivity contribution in [2.75, 3.05) is 0 Å². The van der Waals surface area contributed by atoms with E-state index in [0.717, 1.165) is 12.3 Å². The van der Waals surface area contributed by atoms with Crippen LogP contribution in [-0.2, 0) is 6.18 Å². The second-order valence-corrected chi connectivity index (χ2v) is 7.45. The molecule has 32 heavy (non-hydrogen) atoms. The van der Waals surface area contributed by atoms with E-state index >= 15 is 0 Å². The van der Waals surface area contributed by atoms with Gasteiger partial charge >= 0.3 is 12.8 Å². The average molecular weight is 541 g/mol. The van der Waals surface area contributed by atoms with Crippen LogP contribution in [0.2, 0.25) is 5.02 Å². The maximum atomic E-state index is 13.0. The van der Waals surface area contributed by atoms with Crippen molar-refractivity contribution in [2.24, 2.45) is 0 Å². The molecule has 0 aliphatic carbocycles. The Labute approximate surface area is 190 Å². The summed E-state index contributed by atoms with van der Waals surface area (Å²) >= 11 is 8.83. The molecule has 0 aliphatic heterocycles. The van der Waals surface area contributed by atoms with Crippen molar-refractivity contribution in [3.8, 4) is 11.6 Å². The monoisotopic (exact) mass is 539 g/mol. The molecule has 1 amide bonds. The van der Waals surface area contributed by atoms with Gasteiger partial charge in [0.25, 0.3) is 5.91 Å². The van der Waals surface area contributed by atoms with Crippen LogP contribution in [0, 0.1) is 0 Å². The van der Waals surface area contributed by atoms with Crippen molar-refractivity contribution >= 4 is 33.4 Å². The van der Waals surface area contributed by atoms with Gasteiger partial charge in [-0.25, -0.2) is 9.97 Å². The minimum absolute atomic E-state index is 0.130. The molecule has 0 aliphatic rings. The molecule has 0 saturated heterocycles. The number of alkyl halides is 5. The highest BCUT2D eigenvalue weighted by Crippen LogP contribution is 2.32. The van der Waals surface area contributed by atoms with Crippen molar-refractivity contribution < 1.29 is 31.5 Å². The fraction of sp³-hybridized carbons (Fsp3) is 0.222. The van der Waals surface area contributed by atoms with Crippen LogP contribution >= 0.6 is 27.5 Å². The molecular weight excluding hydrogens is 529 g/mol. The number of benzene rings is 1. The minimum atomic E-state index is -4.68. The van der Waals surface area contributed by atoms with Gasteiger partial charge in [0.05, 0.1) is 17.8 Å². The SMILES string of the molecule is CC(NC(=O)c1cc(Cl)cc(C(F)(F)F)c1)c1nc(Br)nn1-c1ccc(OC(F)F)cn1. The van der Waals surface area contributed by atoms with Gasteiger partial charge in [-0.15, -0.1) is 5.10 Å². The molecule has 1 aromatic carbocycles. The molecule has 7 nitrogen and oxygen atoms in total. The van der Waals surface area contributed by atoms with Crippen LogP contribution in [0.3, 0.4) is 0 Å². The maximum absolute atomic E-state index is 13.0. The molecule has 2 aromatic heterocycles. The average Bonchev–Trinajstić information content (AvgIpc) is 3.09. The lowest BCUT2D eigenvalue weighted by molar-refractivity contribution is -0.137. The van der Waals surface area contributed by atoms with Crippen LogP contribution in [-0.4, -0.2) is 32.3 Å². The molecule has 170 valence electrons. The summed E-state index contributed by atoms with van der Waals surface area (Å²) in [5.41, 5.74) is -1.36. The van der Waals surface area contributed by atoms with Crippen LogP contribution in [0.1, 0.15) is 34.7 Å². The normalized spacial score (nSPS) is 12.7. The minimum Gasteiger partial charge on any atom is -0.433 e. The van der Waals surface area contributed by atoms with Crippen LogP contribution in [0.15, 0.2) is 41.3 Å². The third-order valence-corrected chi connectivity index (χ3v) is 4.55. The molecule has 0 fully saturated rings. The molecular formula is C18H12BrClF5N5O2. The number of halogens is 7. The van der Waals surface area contributed by atoms with E-state index in [1.165, 1.54) is 23.7 Å². The molecule has 1 unspecified atom stereocenters. The molecule has 2 heterocycles. The Balaban J connectivity index is 1.84. The number of rotatable bonds is 6. The van der Waals surface area contributed by atoms with Crippen molar-refractivity contribution in [1.82, 2.24) is 25.1 Å². The lowest BCUT2D eigenvalue weighted by Crippen LogP contribution is -2.29. The predicted molar refractivity (Wildman–Crippen MR) is 106 cm³/mol. The Morgan fingerprint density at radius 3 is 2.56 bits per heavy atom. The highest BCUT2D eigenvalue weighted by molar-refractivity contribution is 9.10. The number of carbonyl (C=O) groups excluding carboxylic acids is 1. The predicted octanol–water partition coefficient (Wildman–Crippen LogP) is 5.19. The van der Waals surface area contributed by atoms with Crippen LogP contribution in [0.5, 0.6) is 5.75 Å². The zero-order valence-corrected chi connectivity index (χ0v) is 18.2. The van der Waals surface area contributed by atoms with Crippen molar-refractivity contribution in [3.05, 3.63) is 63.2 Å². The summed E-state index contributed by atoms with van der Waals surface area (Å²) < 4.78 is 69.2. The van der Waals surface area contributed by atoms with Gasteiger partial charge in [0.1, 0.15) is 5.75 Å². The molecule has 14 heteroatoms. The lowest BCUT2D eigenvalue weighted by atomic mass is 10.1. The second kappa shape index (κ2) is 9.36. The first-order valence-corrected chi connectivity index (χ1v) is 9.83. The van der Waals surface area contributed by atoms with Gasteiger partial charge in [-0.2, -0.15) is 26.6 Å². The van der Waals surface area contributed by atoms with Crippen molar-refractivity contribution in [2.45, 2.75) is 25.8 Å². The van der Waals surface area contributed by atoms with E-state index in [2.05, 4.69) is 41.1 Å². The highest BCUT2D eigenvalue weighted by atomic mass is 79.9. The third kappa shape index (κ3) is 5.71. The summed E-state index contributed by atoms with van der Waals surface area (Å²) in [4.78, 5) is 20.7. The molecule has 0 radical (unpaired) electrons. The zero-order valence-electron chi connectivity index (χ0n) is 15.9. The lowest BCUT2D eigenvalue weighted by Gasteiger charge is -2.15. The quantitative estimate of drug-likeness (QED) is 0.435. The molecule has 1 atom stereocenters. The maximum Gasteiger partial charge on any atom is 0.416 e. The smallest absolute Gasteiger partial charge is 0.416 e. The molecule has 3 aromatic rings. The third-order valence-electron chi connectivity index (χ3n) is 3.99. The number of nitrogens with zero attached hydrogens (tertiary/aromatic N) is 4. The molecule has 0 bridgehead atoms. The largest absolute Gasteiger partial charge is 0.433 e. The summed E-state index contributed by atoms with van der Waals surface area (Å²) in [6.45, 7) is -1.49. The van der Waals surface area contributed by atoms with Crippen LogP contribution in [0.25, 0.3) is 5.82 Å². The topological polar surface area (TPSA) is 81.9 Å². The molecule has 0 saturated carbocycles. The van der Waals surface area contributed by atoms with Gasteiger partial charge in [-0.1, -0.05) is 11.6 Å². The number of carbonyl (C=O) groups is 1. The highest BCUT2D eigenvalue weighted by Gasteiger charge is 2.32.